The van der Waals surface area contributed by atoms with E-state index in [0.29, 0.717) is 11.4 Å². The fourth-order valence-corrected chi connectivity index (χ4v) is 1.56. The highest BCUT2D eigenvalue weighted by Crippen LogP contribution is 2.27. The minimum absolute atomic E-state index is 0.285. The second-order valence-electron chi connectivity index (χ2n) is 5.15. The van der Waals surface area contributed by atoms with Crippen molar-refractivity contribution >= 4 is 11.4 Å². The van der Waals surface area contributed by atoms with Crippen LogP contribution >= 0.6 is 0 Å². The molecule has 0 heterocycles. The maximum Gasteiger partial charge on any atom is 0.0550 e. The van der Waals surface area contributed by atoms with E-state index in [9.17, 15) is 0 Å². The van der Waals surface area contributed by atoms with E-state index in [0.717, 1.165) is 6.42 Å². The summed E-state index contributed by atoms with van der Waals surface area (Å²) in [6, 6.07) is 3.95. The topological polar surface area (TPSA) is 52.0 Å². The molecule has 1 aromatic carbocycles. The van der Waals surface area contributed by atoms with E-state index in [-0.39, 0.29) is 5.41 Å². The molecule has 1 aromatic rings. The lowest BCUT2D eigenvalue weighted by molar-refractivity contribution is 0.410. The molecular weight excluding hydrogens is 172 g/mol. The van der Waals surface area contributed by atoms with Crippen LogP contribution in [0, 0.1) is 12.3 Å². The Morgan fingerprint density at radius 3 is 2.07 bits per heavy atom. The Labute approximate surface area is 86.3 Å². The highest BCUT2D eigenvalue weighted by Gasteiger charge is 2.13. The van der Waals surface area contributed by atoms with Gasteiger partial charge in [0.2, 0.25) is 0 Å². The summed E-state index contributed by atoms with van der Waals surface area (Å²) >= 11 is 0. The van der Waals surface area contributed by atoms with Crippen LogP contribution in [0.25, 0.3) is 0 Å². The second kappa shape index (κ2) is 3.52. The van der Waals surface area contributed by atoms with Crippen molar-refractivity contribution in [3.8, 4) is 0 Å². The first-order valence-electron chi connectivity index (χ1n) is 4.94. The van der Waals surface area contributed by atoms with Gasteiger partial charge in [-0.15, -0.1) is 0 Å². The minimum atomic E-state index is 0.285. The van der Waals surface area contributed by atoms with Crippen molar-refractivity contribution in [1.82, 2.24) is 0 Å². The highest BCUT2D eigenvalue weighted by molar-refractivity contribution is 5.65. The smallest absolute Gasteiger partial charge is 0.0550 e. The summed E-state index contributed by atoms with van der Waals surface area (Å²) in [7, 11) is 0. The van der Waals surface area contributed by atoms with Gasteiger partial charge in [-0.25, -0.2) is 0 Å². The lowest BCUT2D eigenvalue weighted by Crippen LogP contribution is -2.11. The average Bonchev–Trinajstić information content (AvgIpc) is 1.97. The Kier molecular flexibility index (Phi) is 2.74. The molecule has 0 unspecified atom stereocenters. The fraction of sp³-hybridized carbons (Fsp3) is 0.500. The second-order valence-corrected chi connectivity index (χ2v) is 5.15. The van der Waals surface area contributed by atoms with Crippen LogP contribution in [-0.2, 0) is 6.42 Å². The molecule has 14 heavy (non-hydrogen) atoms. The Morgan fingerprint density at radius 1 is 1.07 bits per heavy atom. The zero-order valence-corrected chi connectivity index (χ0v) is 9.52. The van der Waals surface area contributed by atoms with Gasteiger partial charge >= 0.3 is 0 Å². The van der Waals surface area contributed by atoms with Gasteiger partial charge in [-0.2, -0.15) is 0 Å². The third-order valence-electron chi connectivity index (χ3n) is 2.26. The van der Waals surface area contributed by atoms with Gasteiger partial charge in [0.25, 0.3) is 0 Å². The predicted octanol–water partition coefficient (Wildman–Crippen LogP) is 2.75. The van der Waals surface area contributed by atoms with Crippen LogP contribution in [0.15, 0.2) is 12.1 Å². The van der Waals surface area contributed by atoms with Gasteiger partial charge in [0.05, 0.1) is 11.4 Å². The van der Waals surface area contributed by atoms with Gasteiger partial charge in [-0.05, 0) is 42.0 Å². The first kappa shape index (κ1) is 10.9. The molecule has 0 radical (unpaired) electrons. The van der Waals surface area contributed by atoms with E-state index < -0.39 is 0 Å². The number of aryl methyl sites for hydroxylation is 1. The summed E-state index contributed by atoms with van der Waals surface area (Å²) in [4.78, 5) is 0. The molecule has 0 saturated heterocycles. The van der Waals surface area contributed by atoms with Crippen LogP contribution < -0.4 is 11.5 Å². The van der Waals surface area contributed by atoms with Crippen LogP contribution in [-0.4, -0.2) is 0 Å². The maximum absolute atomic E-state index is 5.78. The molecule has 0 aliphatic carbocycles. The Hall–Kier alpha value is -1.18. The SMILES string of the molecule is Cc1cc(N)c(N)cc1CC(C)(C)C. The van der Waals surface area contributed by atoms with E-state index >= 15 is 0 Å². The molecule has 0 spiro atoms. The lowest BCUT2D eigenvalue weighted by atomic mass is 9.86. The van der Waals surface area contributed by atoms with Crippen LogP contribution in [0.4, 0.5) is 11.4 Å². The van der Waals surface area contributed by atoms with E-state index in [2.05, 4.69) is 27.7 Å². The number of nitrogen functional groups attached to an aromatic ring is 2. The zero-order valence-electron chi connectivity index (χ0n) is 9.52. The number of nitrogens with two attached hydrogens (primary N) is 2. The maximum atomic E-state index is 5.78. The molecule has 0 aromatic heterocycles. The van der Waals surface area contributed by atoms with Crippen molar-refractivity contribution in [3.63, 3.8) is 0 Å². The summed E-state index contributed by atoms with van der Waals surface area (Å²) in [6.45, 7) is 8.74. The third kappa shape index (κ3) is 2.66. The molecule has 0 fully saturated rings. The Bertz CT molecular complexity index is 335. The molecule has 4 N–H and O–H groups in total. The minimum Gasteiger partial charge on any atom is -0.397 e. The summed E-state index contributed by atoms with van der Waals surface area (Å²) in [5.74, 6) is 0. The number of rotatable bonds is 1. The summed E-state index contributed by atoms with van der Waals surface area (Å²) in [5, 5.41) is 0. The van der Waals surface area contributed by atoms with Gasteiger partial charge in [0.1, 0.15) is 0 Å². The van der Waals surface area contributed by atoms with Crippen molar-refractivity contribution in [1.29, 1.82) is 0 Å². The van der Waals surface area contributed by atoms with Crippen molar-refractivity contribution < 1.29 is 0 Å². The first-order valence-corrected chi connectivity index (χ1v) is 4.94. The third-order valence-corrected chi connectivity index (χ3v) is 2.26. The molecule has 0 amide bonds. The standard InChI is InChI=1S/C12H20N2/c1-8-5-10(13)11(14)6-9(8)7-12(2,3)4/h5-6H,7,13-14H2,1-4H3. The van der Waals surface area contributed by atoms with Crippen molar-refractivity contribution in [3.05, 3.63) is 23.3 Å². The van der Waals surface area contributed by atoms with E-state index in [4.69, 9.17) is 11.5 Å². The van der Waals surface area contributed by atoms with Gasteiger partial charge in [-0.1, -0.05) is 20.8 Å². The number of hydrogen-bond donors (Lipinski definition) is 2. The normalized spacial score (nSPS) is 11.7. The van der Waals surface area contributed by atoms with Crippen LogP contribution in [0.5, 0.6) is 0 Å². The number of benzene rings is 1. The fourth-order valence-electron chi connectivity index (χ4n) is 1.56. The monoisotopic (exact) mass is 192 g/mol. The van der Waals surface area contributed by atoms with Crippen LogP contribution in [0.3, 0.4) is 0 Å². The summed E-state index contributed by atoms with van der Waals surface area (Å²) < 4.78 is 0. The van der Waals surface area contributed by atoms with E-state index in [1.165, 1.54) is 11.1 Å². The van der Waals surface area contributed by atoms with Crippen molar-refractivity contribution in [2.45, 2.75) is 34.1 Å². The van der Waals surface area contributed by atoms with Gasteiger partial charge in [-0.3, -0.25) is 0 Å². The number of anilines is 2. The lowest BCUT2D eigenvalue weighted by Gasteiger charge is -2.20. The van der Waals surface area contributed by atoms with Crippen LogP contribution in [0.2, 0.25) is 0 Å². The summed E-state index contributed by atoms with van der Waals surface area (Å²) in [5.41, 5.74) is 15.7. The average molecular weight is 192 g/mol. The molecule has 2 heteroatoms. The Balaban J connectivity index is 3.04. The molecule has 0 aliphatic rings. The number of hydrogen-bond acceptors (Lipinski definition) is 2. The molecular formula is C12H20N2. The van der Waals surface area contributed by atoms with Crippen LogP contribution in [0.1, 0.15) is 31.9 Å². The molecule has 2 nitrogen and oxygen atoms in total. The zero-order chi connectivity index (χ0) is 10.9. The molecule has 0 aliphatic heterocycles. The first-order chi connectivity index (χ1) is 6.29. The summed E-state index contributed by atoms with van der Waals surface area (Å²) in [6.07, 6.45) is 1.03. The molecule has 78 valence electrons. The largest absolute Gasteiger partial charge is 0.397 e. The van der Waals surface area contributed by atoms with E-state index in [1.54, 1.807) is 0 Å². The van der Waals surface area contributed by atoms with Crippen molar-refractivity contribution in [2.24, 2.45) is 5.41 Å². The predicted molar refractivity (Wildman–Crippen MR) is 63.2 cm³/mol. The van der Waals surface area contributed by atoms with Gasteiger partial charge in [0.15, 0.2) is 0 Å². The van der Waals surface area contributed by atoms with Crippen molar-refractivity contribution in [2.75, 3.05) is 11.5 Å². The molecule has 0 bridgehead atoms. The van der Waals surface area contributed by atoms with E-state index in [1.807, 2.05) is 12.1 Å². The van der Waals surface area contributed by atoms with Gasteiger partial charge < -0.3 is 11.5 Å². The molecule has 0 saturated carbocycles. The molecule has 0 atom stereocenters. The highest BCUT2D eigenvalue weighted by atomic mass is 14.7. The van der Waals surface area contributed by atoms with Gasteiger partial charge in [0, 0.05) is 0 Å². The molecule has 1 rings (SSSR count). The Morgan fingerprint density at radius 2 is 1.57 bits per heavy atom. The quantitative estimate of drug-likeness (QED) is 0.672.